The van der Waals surface area contributed by atoms with Crippen LogP contribution in [0.1, 0.15) is 64.3 Å². The minimum absolute atomic E-state index is 0.116. The molecule has 4 heterocycles. The maximum absolute atomic E-state index is 13.8. The number of H-pyrrole nitrogens is 2. The molecule has 0 radical (unpaired) electrons. The molecule has 16 heteroatoms. The number of benzene rings is 2. The lowest BCUT2D eigenvalue weighted by molar-refractivity contribution is -0.136. The SMILES string of the molecule is COC(=O)N[C@H](C(=O)N1C[Si](C)(C)C[C@H]1c1ncc(-c2ccc(-c3ccc(-c4nc([C@@H]5CCCN5C(=O)[C@@H](NC(=O)OC)C(C)C)[nH]c4Cl)cc3)cc2)[nH]1)C(C)C. The normalized spacial score (nSPS) is 18.8. The van der Waals surface area contributed by atoms with Gasteiger partial charge in [0, 0.05) is 18.3 Å². The fourth-order valence-corrected chi connectivity index (χ4v) is 11.0. The molecule has 4 amide bonds. The summed E-state index contributed by atoms with van der Waals surface area (Å²) in [5.74, 6) is 0.788. The molecular weight excluding hydrogens is 764 g/mol. The van der Waals surface area contributed by atoms with Gasteiger partial charge < -0.3 is 39.9 Å². The lowest BCUT2D eigenvalue weighted by Gasteiger charge is -2.30. The summed E-state index contributed by atoms with van der Waals surface area (Å²) in [7, 11) is 0.821. The van der Waals surface area contributed by atoms with Crippen LogP contribution in [0.25, 0.3) is 33.6 Å². The predicted octanol–water partition coefficient (Wildman–Crippen LogP) is 7.34. The maximum Gasteiger partial charge on any atom is 0.407 e. The van der Waals surface area contributed by atoms with E-state index in [4.69, 9.17) is 31.0 Å². The molecule has 4 atom stereocenters. The first-order chi connectivity index (χ1) is 27.1. The van der Waals surface area contributed by atoms with Gasteiger partial charge in [0.25, 0.3) is 0 Å². The van der Waals surface area contributed by atoms with E-state index in [9.17, 15) is 19.2 Å². The van der Waals surface area contributed by atoms with Crippen LogP contribution in [0.15, 0.2) is 54.7 Å². The number of amides is 4. The third-order valence-electron chi connectivity index (χ3n) is 10.9. The zero-order valence-corrected chi connectivity index (χ0v) is 35.6. The average Bonchev–Trinajstić information content (AvgIpc) is 4.01. The molecule has 14 nitrogen and oxygen atoms in total. The number of hydrogen-bond donors (Lipinski definition) is 4. The average molecular weight is 817 g/mol. The highest BCUT2D eigenvalue weighted by Crippen LogP contribution is 2.39. The number of halogens is 1. The molecule has 2 saturated heterocycles. The lowest BCUT2D eigenvalue weighted by Crippen LogP contribution is -2.52. The van der Waals surface area contributed by atoms with E-state index >= 15 is 0 Å². The van der Waals surface area contributed by atoms with E-state index in [0.717, 1.165) is 52.7 Å². The third-order valence-corrected chi connectivity index (χ3v) is 13.9. The number of carbonyl (C=O) groups is 4. The summed E-state index contributed by atoms with van der Waals surface area (Å²) in [5.41, 5.74) is 5.29. The minimum Gasteiger partial charge on any atom is -0.453 e. The largest absolute Gasteiger partial charge is 0.453 e. The summed E-state index contributed by atoms with van der Waals surface area (Å²) in [6.07, 6.45) is 2.75. The maximum atomic E-state index is 13.8. The van der Waals surface area contributed by atoms with Crippen LogP contribution in [0.4, 0.5) is 9.59 Å². The van der Waals surface area contributed by atoms with Gasteiger partial charge in [-0.1, -0.05) is 101 Å². The number of alkyl carbamates (subject to hydrolysis) is 2. The highest BCUT2D eigenvalue weighted by atomic mass is 35.5. The number of nitrogens with one attached hydrogen (secondary N) is 4. The number of methoxy groups -OCH3 is 2. The summed E-state index contributed by atoms with van der Waals surface area (Å²) < 4.78 is 9.55. The van der Waals surface area contributed by atoms with E-state index < -0.39 is 32.3 Å². The van der Waals surface area contributed by atoms with Crippen molar-refractivity contribution in [2.75, 3.05) is 26.9 Å². The molecule has 57 heavy (non-hydrogen) atoms. The number of ether oxygens (including phenoxy) is 2. The second-order valence-corrected chi connectivity index (χ2v) is 21.8. The van der Waals surface area contributed by atoms with Crippen molar-refractivity contribution in [1.29, 1.82) is 0 Å². The number of imidazole rings is 2. The summed E-state index contributed by atoms with van der Waals surface area (Å²) in [6.45, 7) is 12.7. The van der Waals surface area contributed by atoms with Gasteiger partial charge in [-0.05, 0) is 47.4 Å². The molecule has 0 bridgehead atoms. The first-order valence-electron chi connectivity index (χ1n) is 19.4. The van der Waals surface area contributed by atoms with Crippen molar-refractivity contribution in [3.8, 4) is 33.6 Å². The van der Waals surface area contributed by atoms with Gasteiger partial charge in [-0.3, -0.25) is 9.59 Å². The standard InChI is InChI=1S/C41H53ClN8O6Si/c1-23(2)32(46-40(53)55-5)38(51)49-19-9-10-30(49)37-45-34(35(42)48-37)28-17-13-26(14-18-28)25-11-15-27(16-12-25)29-20-43-36(44-29)31-21-57(7,8)22-50(31)39(52)33(24(3)4)47-41(54)56-6/h11-18,20,23-24,30-33H,9-10,19,21-22H2,1-8H3,(H,43,44)(H,45,48)(H,46,53)(H,47,54)/t30-,31-,32-,33-/m0/s1. The molecule has 2 aromatic heterocycles. The van der Waals surface area contributed by atoms with E-state index in [-0.39, 0.29) is 35.7 Å². The Morgan fingerprint density at radius 3 is 1.84 bits per heavy atom. The molecule has 4 N–H and O–H groups in total. The molecule has 304 valence electrons. The minimum atomic E-state index is -1.75. The van der Waals surface area contributed by atoms with Gasteiger partial charge in [0.15, 0.2) is 0 Å². The zero-order chi connectivity index (χ0) is 41.2. The quantitative estimate of drug-likeness (QED) is 0.114. The van der Waals surface area contributed by atoms with Gasteiger partial charge >= 0.3 is 12.2 Å². The summed E-state index contributed by atoms with van der Waals surface area (Å²) in [5, 5.41) is 5.80. The molecule has 2 aliphatic rings. The van der Waals surface area contributed by atoms with Crippen LogP contribution in [-0.4, -0.2) is 101 Å². The van der Waals surface area contributed by atoms with Crippen LogP contribution in [0, 0.1) is 11.8 Å². The Morgan fingerprint density at radius 2 is 1.30 bits per heavy atom. The van der Waals surface area contributed by atoms with Crippen molar-refractivity contribution in [1.82, 2.24) is 40.4 Å². The monoisotopic (exact) mass is 816 g/mol. The van der Waals surface area contributed by atoms with Crippen LogP contribution in [0.3, 0.4) is 0 Å². The molecule has 0 saturated carbocycles. The van der Waals surface area contributed by atoms with Gasteiger partial charge in [-0.2, -0.15) is 0 Å². The van der Waals surface area contributed by atoms with Crippen molar-refractivity contribution in [3.63, 3.8) is 0 Å². The number of nitrogens with zero attached hydrogens (tertiary/aromatic N) is 4. The molecule has 0 aliphatic carbocycles. The highest BCUT2D eigenvalue weighted by Gasteiger charge is 2.46. The Bertz CT molecular complexity index is 2080. The Kier molecular flexibility index (Phi) is 12.5. The van der Waals surface area contributed by atoms with Crippen molar-refractivity contribution in [3.05, 3.63) is 71.5 Å². The smallest absolute Gasteiger partial charge is 0.407 e. The third kappa shape index (κ3) is 9.04. The molecular formula is C41H53ClN8O6Si. The van der Waals surface area contributed by atoms with Gasteiger partial charge in [-0.15, -0.1) is 0 Å². The molecule has 2 aromatic carbocycles. The van der Waals surface area contributed by atoms with Crippen molar-refractivity contribution in [2.24, 2.45) is 11.8 Å². The summed E-state index contributed by atoms with van der Waals surface area (Å²) in [6, 6.07) is 15.1. The molecule has 4 aromatic rings. The second kappa shape index (κ2) is 17.1. The van der Waals surface area contributed by atoms with Crippen molar-refractivity contribution >= 4 is 43.7 Å². The van der Waals surface area contributed by atoms with Crippen LogP contribution in [-0.2, 0) is 19.1 Å². The molecule has 0 unspecified atom stereocenters. The Morgan fingerprint density at radius 1 is 0.772 bits per heavy atom. The lowest BCUT2D eigenvalue weighted by atomic mass is 10.0. The number of likely N-dealkylation sites (tertiary alicyclic amines) is 1. The van der Waals surface area contributed by atoms with E-state index in [1.807, 2.05) is 75.2 Å². The zero-order valence-electron chi connectivity index (χ0n) is 33.8. The number of carbonyl (C=O) groups excluding carboxylic acids is 4. The fourth-order valence-electron chi connectivity index (χ4n) is 7.85. The Balaban J connectivity index is 1.15. The highest BCUT2D eigenvalue weighted by molar-refractivity contribution is 6.78. The Labute approximate surface area is 339 Å². The van der Waals surface area contributed by atoms with Crippen molar-refractivity contribution < 1.29 is 28.7 Å². The van der Waals surface area contributed by atoms with E-state index in [2.05, 4.69) is 45.8 Å². The van der Waals surface area contributed by atoms with Gasteiger partial charge in [0.1, 0.15) is 34.6 Å². The van der Waals surface area contributed by atoms with Crippen LogP contribution < -0.4 is 10.6 Å². The van der Waals surface area contributed by atoms with Crippen LogP contribution in [0.2, 0.25) is 24.3 Å². The molecule has 6 rings (SSSR count). The number of aromatic nitrogens is 4. The van der Waals surface area contributed by atoms with E-state index in [1.165, 1.54) is 14.2 Å². The fraction of sp³-hybridized carbons (Fsp3) is 0.463. The number of aromatic amines is 2. The van der Waals surface area contributed by atoms with Gasteiger partial charge in [0.05, 0.1) is 46.3 Å². The van der Waals surface area contributed by atoms with Crippen LogP contribution >= 0.6 is 11.6 Å². The molecule has 2 aliphatic heterocycles. The van der Waals surface area contributed by atoms with E-state index in [1.54, 1.807) is 4.90 Å². The number of rotatable bonds is 11. The molecule has 2 fully saturated rings. The Hall–Kier alpha value is -5.15. The predicted molar refractivity (Wildman–Crippen MR) is 221 cm³/mol. The first-order valence-corrected chi connectivity index (χ1v) is 23.2. The van der Waals surface area contributed by atoms with Crippen molar-refractivity contribution in [2.45, 2.75) is 83.8 Å². The summed E-state index contributed by atoms with van der Waals surface area (Å²) >= 11 is 6.71. The van der Waals surface area contributed by atoms with Gasteiger partial charge in [-0.25, -0.2) is 19.6 Å². The first kappa shape index (κ1) is 41.5. The topological polar surface area (TPSA) is 175 Å². The number of hydrogen-bond acceptors (Lipinski definition) is 8. The summed E-state index contributed by atoms with van der Waals surface area (Å²) in [4.78, 5) is 71.4. The van der Waals surface area contributed by atoms with Crippen LogP contribution in [0.5, 0.6) is 0 Å². The molecule has 0 spiro atoms. The van der Waals surface area contributed by atoms with E-state index in [0.29, 0.717) is 29.4 Å². The second-order valence-electron chi connectivity index (χ2n) is 16.4. The van der Waals surface area contributed by atoms with Gasteiger partial charge in [0.2, 0.25) is 11.8 Å².